The van der Waals surface area contributed by atoms with E-state index in [2.05, 4.69) is 329 Å². The second-order valence-electron chi connectivity index (χ2n) is 22.4. The smallest absolute Gasteiger partial charge is 0.0713 e. The number of benzene rings is 12. The summed E-state index contributed by atoms with van der Waals surface area (Å²) < 4.78 is 2.46. The molecule has 1 heterocycles. The monoisotopic (exact) mass is 1050 g/mol. The van der Waals surface area contributed by atoms with Gasteiger partial charge in [0.05, 0.1) is 21.9 Å². The molecule has 1 aromatic heterocycles. The Kier molecular flexibility index (Phi) is 12.9. The Hall–Kier alpha value is -9.82. The number of para-hydroxylation sites is 1. The first-order chi connectivity index (χ1) is 40.4. The Labute approximate surface area is 482 Å². The Morgan fingerprint density at radius 3 is 1.60 bits per heavy atom. The molecule has 3 aliphatic carbocycles. The van der Waals surface area contributed by atoms with Crippen LogP contribution in [0.1, 0.15) is 74.0 Å². The maximum atomic E-state index is 2.46. The van der Waals surface area contributed by atoms with Gasteiger partial charge >= 0.3 is 0 Å². The molecule has 1 heteroatoms. The zero-order valence-corrected chi connectivity index (χ0v) is 46.7. The molecule has 3 aliphatic rings. The third kappa shape index (κ3) is 8.30. The predicted molar refractivity (Wildman–Crippen MR) is 346 cm³/mol. The average Bonchev–Trinajstić information content (AvgIpc) is 2.43. The second kappa shape index (κ2) is 21.0. The summed E-state index contributed by atoms with van der Waals surface area (Å²) in [5.74, 6) is 0. The van der Waals surface area contributed by atoms with E-state index in [1.165, 1.54) is 127 Å². The van der Waals surface area contributed by atoms with Crippen LogP contribution in [-0.2, 0) is 10.8 Å². The molecule has 0 N–H and O–H groups in total. The van der Waals surface area contributed by atoms with Gasteiger partial charge in [-0.15, -0.1) is 0 Å². The van der Waals surface area contributed by atoms with E-state index in [1.807, 2.05) is 0 Å². The quantitative estimate of drug-likeness (QED) is 0.156. The Morgan fingerprint density at radius 2 is 0.902 bits per heavy atom. The minimum atomic E-state index is -0.397. The largest absolute Gasteiger partial charge is 0.309 e. The minimum absolute atomic E-state index is 0.177. The van der Waals surface area contributed by atoms with E-state index in [9.17, 15) is 0 Å². The maximum Gasteiger partial charge on any atom is 0.0713 e. The Balaban J connectivity index is 0.000000135. The molecule has 392 valence electrons. The number of allylic oxidation sites excluding steroid dienone is 4. The van der Waals surface area contributed by atoms with Gasteiger partial charge in [-0.2, -0.15) is 0 Å². The molecule has 1 nitrogen and oxygen atoms in total. The minimum Gasteiger partial charge on any atom is -0.309 e. The van der Waals surface area contributed by atoms with Gasteiger partial charge in [0.1, 0.15) is 0 Å². The second-order valence-corrected chi connectivity index (χ2v) is 22.4. The first kappa shape index (κ1) is 50.4. The van der Waals surface area contributed by atoms with Gasteiger partial charge in [-0.05, 0) is 152 Å². The lowest BCUT2D eigenvalue weighted by Crippen LogP contribution is -2.30. The van der Waals surface area contributed by atoms with E-state index in [-0.39, 0.29) is 5.41 Å². The van der Waals surface area contributed by atoms with Crippen molar-refractivity contribution in [2.75, 3.05) is 0 Å². The number of nitrogens with zero attached hydrogens (tertiary/aromatic N) is 1. The van der Waals surface area contributed by atoms with Crippen LogP contribution in [0.2, 0.25) is 0 Å². The lowest BCUT2D eigenvalue weighted by atomic mass is 9.65. The summed E-state index contributed by atoms with van der Waals surface area (Å²) in [5, 5.41) is 5.22. The van der Waals surface area contributed by atoms with Crippen LogP contribution in [0.25, 0.3) is 66.1 Å². The van der Waals surface area contributed by atoms with Crippen LogP contribution in [0, 0.1) is 20.8 Å². The van der Waals surface area contributed by atoms with Crippen LogP contribution in [0.4, 0.5) is 0 Å². The molecule has 0 unspecified atom stereocenters. The van der Waals surface area contributed by atoms with E-state index in [0.717, 1.165) is 12.8 Å². The number of rotatable bonds is 6. The van der Waals surface area contributed by atoms with E-state index >= 15 is 0 Å². The van der Waals surface area contributed by atoms with Gasteiger partial charge in [0.2, 0.25) is 0 Å². The maximum absolute atomic E-state index is 2.46. The third-order valence-corrected chi connectivity index (χ3v) is 17.6. The molecule has 12 aromatic carbocycles. The molecule has 82 heavy (non-hydrogen) atoms. The highest BCUT2D eigenvalue weighted by Crippen LogP contribution is 2.58. The molecule has 0 fully saturated rings. The van der Waals surface area contributed by atoms with Crippen molar-refractivity contribution in [1.82, 2.24) is 4.57 Å². The molecular weight excluding hydrogens is 987 g/mol. The number of aryl methyl sites for hydroxylation is 3. The third-order valence-electron chi connectivity index (χ3n) is 17.6. The molecule has 0 atom stereocenters. The van der Waals surface area contributed by atoms with Gasteiger partial charge in [-0.3, -0.25) is 0 Å². The molecule has 0 aliphatic heterocycles. The molecule has 16 rings (SSSR count). The van der Waals surface area contributed by atoms with Crippen molar-refractivity contribution in [3.05, 3.63) is 370 Å². The van der Waals surface area contributed by atoms with Gasteiger partial charge in [-0.1, -0.05) is 290 Å². The predicted octanol–water partition coefficient (Wildman–Crippen LogP) is 20.7. The van der Waals surface area contributed by atoms with Crippen molar-refractivity contribution in [2.45, 2.75) is 44.4 Å². The summed E-state index contributed by atoms with van der Waals surface area (Å²) in [6.07, 6.45) is 6.91. The van der Waals surface area contributed by atoms with Crippen LogP contribution in [0.3, 0.4) is 0 Å². The standard InChI is InChI=1S/C44H31N.C26H22.C11H10/c1-30-13-12-14-31(27-30)32-23-25-38-37-20-9-11-22-42(37)45(43(38)28-32)35-24-26-41-39(29-35)36-19-8-10-21-40(36)44(41,33-15-4-2-5-16-33)34-17-6-3-7-18-34;1-19-16-17-23-22-14-8-9-15-24(22)26(25(23)18-19,20-10-4-2-5-11-20)21-12-6-3-7-13-21;1-9-5-4-7-10-6-2-3-8-11(9)10/h2-29H,1H3;2-8,10-14,16-18H,9,15H2,1H3;2-8H,1H3. The SMILES string of the molecule is Cc1ccc2c(c1)C(c1ccccc1)(c1ccccc1)C1=C2C=CCC1.Cc1cccc(-c2ccc3c4ccccc4n(-c4ccc5c(c4)-c4ccccc4C5(c4ccccc4)c4ccccc4)c3c2)c1.Cc1cccc2ccccc12. The van der Waals surface area contributed by atoms with E-state index in [4.69, 9.17) is 0 Å². The highest BCUT2D eigenvalue weighted by Gasteiger charge is 2.48. The van der Waals surface area contributed by atoms with Gasteiger partial charge in [0, 0.05) is 16.5 Å². The molecule has 0 amide bonds. The van der Waals surface area contributed by atoms with Gasteiger partial charge < -0.3 is 4.57 Å². The molecule has 0 saturated heterocycles. The first-order valence-corrected chi connectivity index (χ1v) is 29.0. The molecule has 0 saturated carbocycles. The van der Waals surface area contributed by atoms with Crippen molar-refractivity contribution in [3.8, 4) is 27.9 Å². The van der Waals surface area contributed by atoms with Crippen molar-refractivity contribution in [1.29, 1.82) is 0 Å². The summed E-state index contributed by atoms with van der Waals surface area (Å²) in [4.78, 5) is 0. The summed E-state index contributed by atoms with van der Waals surface area (Å²) in [5.41, 5.74) is 25.8. The number of hydrogen-bond acceptors (Lipinski definition) is 0. The topological polar surface area (TPSA) is 4.93 Å². The molecule has 0 radical (unpaired) electrons. The molecule has 0 bridgehead atoms. The number of fused-ring (bicyclic) bond motifs is 9. The number of hydrogen-bond donors (Lipinski definition) is 0. The summed E-state index contributed by atoms with van der Waals surface area (Å²) in [7, 11) is 0. The fourth-order valence-corrected chi connectivity index (χ4v) is 14.1. The van der Waals surface area contributed by atoms with Crippen LogP contribution in [-0.4, -0.2) is 4.57 Å². The van der Waals surface area contributed by atoms with Crippen LogP contribution in [0.15, 0.2) is 309 Å². The van der Waals surface area contributed by atoms with Gasteiger partial charge in [0.15, 0.2) is 0 Å². The van der Waals surface area contributed by atoms with Crippen molar-refractivity contribution < 1.29 is 0 Å². The van der Waals surface area contributed by atoms with Crippen molar-refractivity contribution in [2.24, 2.45) is 0 Å². The molecule has 0 spiro atoms. The highest BCUT2D eigenvalue weighted by molar-refractivity contribution is 6.10. The highest BCUT2D eigenvalue weighted by atomic mass is 15.0. The van der Waals surface area contributed by atoms with Gasteiger partial charge in [0.25, 0.3) is 0 Å². The zero-order valence-electron chi connectivity index (χ0n) is 46.7. The van der Waals surface area contributed by atoms with Gasteiger partial charge in [-0.25, -0.2) is 0 Å². The molecular formula is C81H63N. The van der Waals surface area contributed by atoms with E-state index < -0.39 is 5.41 Å². The fraction of sp³-hybridized carbons (Fsp3) is 0.0864. The fourth-order valence-electron chi connectivity index (χ4n) is 14.1. The van der Waals surface area contributed by atoms with Crippen LogP contribution >= 0.6 is 0 Å². The Morgan fingerprint density at radius 1 is 0.341 bits per heavy atom. The Bertz CT molecular complexity index is 4490. The zero-order chi connectivity index (χ0) is 55.2. The summed E-state index contributed by atoms with van der Waals surface area (Å²) >= 11 is 0. The van der Waals surface area contributed by atoms with E-state index in [0.29, 0.717) is 0 Å². The lowest BCUT2D eigenvalue weighted by Gasteiger charge is -2.36. The van der Waals surface area contributed by atoms with Crippen LogP contribution < -0.4 is 0 Å². The molecule has 13 aromatic rings. The van der Waals surface area contributed by atoms with Crippen molar-refractivity contribution in [3.63, 3.8) is 0 Å². The normalized spacial score (nSPS) is 14.0. The number of aromatic nitrogens is 1. The average molecular weight is 1050 g/mol. The first-order valence-electron chi connectivity index (χ1n) is 29.0. The van der Waals surface area contributed by atoms with Crippen molar-refractivity contribution >= 4 is 38.2 Å². The summed E-state index contributed by atoms with van der Waals surface area (Å²) in [6.45, 7) is 6.50. The van der Waals surface area contributed by atoms with Crippen LogP contribution in [0.5, 0.6) is 0 Å². The summed E-state index contributed by atoms with van der Waals surface area (Å²) in [6, 6.07) is 107. The van der Waals surface area contributed by atoms with E-state index in [1.54, 1.807) is 5.57 Å². The lowest BCUT2D eigenvalue weighted by molar-refractivity contribution is 0.696.